The van der Waals surface area contributed by atoms with Crippen LogP contribution in [0.4, 0.5) is 0 Å². The Kier molecular flexibility index (Phi) is 4.92. The number of ketones is 3. The fourth-order valence-electron chi connectivity index (χ4n) is 6.79. The van der Waals surface area contributed by atoms with Crippen LogP contribution < -0.4 is 0 Å². The Morgan fingerprint density at radius 1 is 1.23 bits per heavy atom. The molecule has 0 aromatic heterocycles. The smallest absolute Gasteiger partial charge is 0.303 e. The Morgan fingerprint density at radius 2 is 1.90 bits per heavy atom. The molecule has 0 spiro atoms. The molecule has 0 heterocycles. The van der Waals surface area contributed by atoms with E-state index in [4.69, 9.17) is 4.74 Å². The molecule has 0 radical (unpaired) electrons. The standard InChI is InChI=1S/C23H28O8/c1-11(24)31-10-16(27)23(30)7-5-13-17-18(15(26)9-22(13,23)3)21(2)6-4-12(25)8-14(21)19(28)20(17)29/h4,6,8,13,17-20,28-30H,5,7,9-10H2,1-3H3/t13-,17-,18-,19-,20+,21-,22-,23-/m0/s1. The molecule has 31 heavy (non-hydrogen) atoms. The molecule has 8 atom stereocenters. The molecular weight excluding hydrogens is 404 g/mol. The molecule has 0 amide bonds. The van der Waals surface area contributed by atoms with Crippen molar-refractivity contribution in [1.82, 2.24) is 0 Å². The van der Waals surface area contributed by atoms with Gasteiger partial charge >= 0.3 is 5.97 Å². The summed E-state index contributed by atoms with van der Waals surface area (Å²) in [7, 11) is 0. The predicted octanol–water partition coefficient (Wildman–Crippen LogP) is 0.278. The minimum absolute atomic E-state index is 0.0707. The Balaban J connectivity index is 1.75. The highest BCUT2D eigenvalue weighted by atomic mass is 16.5. The van der Waals surface area contributed by atoms with Gasteiger partial charge < -0.3 is 20.1 Å². The number of hydrogen-bond acceptors (Lipinski definition) is 8. The van der Waals surface area contributed by atoms with E-state index in [1.165, 1.54) is 19.1 Å². The third kappa shape index (κ3) is 2.84. The molecule has 8 nitrogen and oxygen atoms in total. The second-order valence-electron chi connectivity index (χ2n) is 9.88. The van der Waals surface area contributed by atoms with E-state index in [2.05, 4.69) is 0 Å². The van der Waals surface area contributed by atoms with Crippen LogP contribution in [-0.4, -0.2) is 63.1 Å². The number of aliphatic hydroxyl groups excluding tert-OH is 2. The van der Waals surface area contributed by atoms with Crippen molar-refractivity contribution < 1.29 is 39.2 Å². The Labute approximate surface area is 180 Å². The molecule has 3 fully saturated rings. The topological polar surface area (TPSA) is 138 Å². The second-order valence-corrected chi connectivity index (χ2v) is 9.88. The van der Waals surface area contributed by atoms with Gasteiger partial charge in [0.15, 0.2) is 12.4 Å². The van der Waals surface area contributed by atoms with E-state index >= 15 is 0 Å². The summed E-state index contributed by atoms with van der Waals surface area (Å²) >= 11 is 0. The molecule has 8 heteroatoms. The van der Waals surface area contributed by atoms with Gasteiger partial charge in [-0.3, -0.25) is 19.2 Å². The van der Waals surface area contributed by atoms with Crippen LogP contribution in [0.1, 0.15) is 40.0 Å². The maximum absolute atomic E-state index is 13.5. The van der Waals surface area contributed by atoms with Gasteiger partial charge in [0.2, 0.25) is 5.78 Å². The molecule has 0 aliphatic heterocycles. The number of fused-ring (bicyclic) bond motifs is 5. The number of carbonyl (C=O) groups is 4. The highest BCUT2D eigenvalue weighted by molar-refractivity contribution is 6.02. The van der Waals surface area contributed by atoms with Gasteiger partial charge in [0.1, 0.15) is 17.5 Å². The number of allylic oxidation sites excluding steroid dienone is 3. The van der Waals surface area contributed by atoms with Crippen molar-refractivity contribution in [1.29, 1.82) is 0 Å². The third-order valence-electron chi connectivity index (χ3n) is 8.38. The quantitative estimate of drug-likeness (QED) is 0.541. The molecule has 168 valence electrons. The largest absolute Gasteiger partial charge is 0.458 e. The summed E-state index contributed by atoms with van der Waals surface area (Å²) in [6, 6.07) is 0. The van der Waals surface area contributed by atoms with Gasteiger partial charge in [-0.1, -0.05) is 19.9 Å². The van der Waals surface area contributed by atoms with Gasteiger partial charge in [0.05, 0.1) is 6.10 Å². The van der Waals surface area contributed by atoms with E-state index in [9.17, 15) is 34.5 Å². The zero-order chi connectivity index (χ0) is 22.9. The lowest BCUT2D eigenvalue weighted by Gasteiger charge is -2.59. The van der Waals surface area contributed by atoms with Crippen molar-refractivity contribution >= 4 is 23.3 Å². The summed E-state index contributed by atoms with van der Waals surface area (Å²) in [5, 5.41) is 33.3. The number of rotatable bonds is 3. The molecule has 0 aromatic rings. The maximum atomic E-state index is 13.5. The van der Waals surface area contributed by atoms with Gasteiger partial charge in [-0.15, -0.1) is 0 Å². The number of aliphatic hydroxyl groups is 3. The molecule has 3 saturated carbocycles. The summed E-state index contributed by atoms with van der Waals surface area (Å²) < 4.78 is 4.80. The molecule has 4 aliphatic rings. The van der Waals surface area contributed by atoms with Gasteiger partial charge in [0.25, 0.3) is 0 Å². The molecule has 4 aliphatic carbocycles. The summed E-state index contributed by atoms with van der Waals surface area (Å²) in [6.07, 6.45) is 2.00. The Hall–Kier alpha value is -2.16. The van der Waals surface area contributed by atoms with Crippen LogP contribution >= 0.6 is 0 Å². The normalized spacial score (nSPS) is 46.0. The zero-order valence-corrected chi connectivity index (χ0v) is 17.8. The first-order chi connectivity index (χ1) is 14.4. The molecule has 3 N–H and O–H groups in total. The SMILES string of the molecule is CC(=O)OCC(=O)[C@@]1(O)CC[C@H]2[C@@H]3[C@@H](O)[C@@H](O)C4=CC(=O)C=C[C@]4(C)[C@H]3C(=O)C[C@@]21C. The summed E-state index contributed by atoms with van der Waals surface area (Å²) in [4.78, 5) is 49.4. The first-order valence-electron chi connectivity index (χ1n) is 10.6. The minimum atomic E-state index is -1.88. The first-order valence-corrected chi connectivity index (χ1v) is 10.6. The van der Waals surface area contributed by atoms with E-state index in [1.54, 1.807) is 19.9 Å². The fourth-order valence-corrected chi connectivity index (χ4v) is 6.79. The van der Waals surface area contributed by atoms with E-state index in [-0.39, 0.29) is 24.4 Å². The zero-order valence-electron chi connectivity index (χ0n) is 17.8. The van der Waals surface area contributed by atoms with Crippen LogP contribution in [-0.2, 0) is 23.9 Å². The van der Waals surface area contributed by atoms with E-state index in [1.807, 2.05) is 0 Å². The second kappa shape index (κ2) is 6.92. The molecular formula is C23H28O8. The first kappa shape index (κ1) is 22.0. The number of hydrogen-bond donors (Lipinski definition) is 3. The lowest BCUT2D eigenvalue weighted by molar-refractivity contribution is -0.184. The molecule has 0 aromatic carbocycles. The van der Waals surface area contributed by atoms with Crippen LogP contribution in [0.25, 0.3) is 0 Å². The van der Waals surface area contributed by atoms with Gasteiger partial charge in [0, 0.05) is 36.0 Å². The molecule has 0 saturated heterocycles. The van der Waals surface area contributed by atoms with Crippen molar-refractivity contribution in [3.8, 4) is 0 Å². The van der Waals surface area contributed by atoms with E-state index < -0.39 is 64.8 Å². The number of esters is 1. The van der Waals surface area contributed by atoms with Crippen molar-refractivity contribution in [3.05, 3.63) is 23.8 Å². The molecule has 0 bridgehead atoms. The monoisotopic (exact) mass is 432 g/mol. The van der Waals surface area contributed by atoms with Gasteiger partial charge in [-0.2, -0.15) is 0 Å². The minimum Gasteiger partial charge on any atom is -0.458 e. The maximum Gasteiger partial charge on any atom is 0.303 e. The van der Waals surface area contributed by atoms with Crippen molar-refractivity contribution in [2.24, 2.45) is 28.6 Å². The van der Waals surface area contributed by atoms with Crippen LogP contribution in [0.15, 0.2) is 23.8 Å². The van der Waals surface area contributed by atoms with Crippen molar-refractivity contribution in [2.45, 2.75) is 57.8 Å². The summed E-state index contributed by atoms with van der Waals surface area (Å²) in [5.74, 6) is -3.66. The van der Waals surface area contributed by atoms with Gasteiger partial charge in [-0.25, -0.2) is 0 Å². The van der Waals surface area contributed by atoms with Crippen LogP contribution in [0, 0.1) is 28.6 Å². The Bertz CT molecular complexity index is 934. The number of ether oxygens (including phenoxy) is 1. The number of Topliss-reactive ketones (excluding diaryl/α,β-unsaturated/α-hetero) is 2. The summed E-state index contributed by atoms with van der Waals surface area (Å²) in [6.45, 7) is 4.02. The highest BCUT2D eigenvalue weighted by Gasteiger charge is 2.70. The molecule has 0 unspecified atom stereocenters. The fraction of sp³-hybridized carbons (Fsp3) is 0.652. The van der Waals surface area contributed by atoms with Gasteiger partial charge in [-0.05, 0) is 36.5 Å². The summed E-state index contributed by atoms with van der Waals surface area (Å²) in [5.41, 5.74) is -3.66. The number of carbonyl (C=O) groups excluding carboxylic acids is 4. The van der Waals surface area contributed by atoms with E-state index in [0.29, 0.717) is 12.0 Å². The predicted molar refractivity (Wildman–Crippen MR) is 106 cm³/mol. The van der Waals surface area contributed by atoms with Crippen molar-refractivity contribution in [2.75, 3.05) is 6.61 Å². The average Bonchev–Trinajstić information content (AvgIpc) is 2.96. The lowest BCUT2D eigenvalue weighted by atomic mass is 9.45. The van der Waals surface area contributed by atoms with Crippen LogP contribution in [0.5, 0.6) is 0 Å². The Morgan fingerprint density at radius 3 is 2.55 bits per heavy atom. The van der Waals surface area contributed by atoms with Crippen molar-refractivity contribution in [3.63, 3.8) is 0 Å². The van der Waals surface area contributed by atoms with Crippen LogP contribution in [0.2, 0.25) is 0 Å². The highest BCUT2D eigenvalue weighted by Crippen LogP contribution is 2.66. The third-order valence-corrected chi connectivity index (χ3v) is 8.38. The lowest BCUT2D eigenvalue weighted by Crippen LogP contribution is -2.65. The van der Waals surface area contributed by atoms with Crippen LogP contribution in [0.3, 0.4) is 0 Å². The molecule has 4 rings (SSSR count). The average molecular weight is 432 g/mol. The van der Waals surface area contributed by atoms with E-state index in [0.717, 1.165) is 0 Å².